The zero-order valence-corrected chi connectivity index (χ0v) is 10.5. The summed E-state index contributed by atoms with van der Waals surface area (Å²) < 4.78 is 10.7. The Morgan fingerprint density at radius 2 is 2.21 bits per heavy atom. The number of hydrogen-bond donors (Lipinski definition) is 1. The Labute approximate surface area is 111 Å². The van der Waals surface area contributed by atoms with E-state index in [1.54, 1.807) is 43.6 Å². The monoisotopic (exact) mass is 255 g/mol. The standard InChI is InChI=1S/C14H13N3O2/c1-18-11-4-5-12(16)14(7-11)19-9-10-3-2-6-17-13(10)8-15/h2-7H,9,16H2,1H3. The zero-order chi connectivity index (χ0) is 13.7. The molecule has 2 aromatic rings. The molecule has 96 valence electrons. The number of anilines is 1. The van der Waals surface area contributed by atoms with E-state index in [9.17, 15) is 0 Å². The number of ether oxygens (including phenoxy) is 2. The molecule has 0 spiro atoms. The van der Waals surface area contributed by atoms with Crippen molar-refractivity contribution in [3.8, 4) is 17.6 Å². The molecule has 2 N–H and O–H groups in total. The van der Waals surface area contributed by atoms with Crippen LogP contribution >= 0.6 is 0 Å². The van der Waals surface area contributed by atoms with Crippen molar-refractivity contribution in [3.63, 3.8) is 0 Å². The van der Waals surface area contributed by atoms with E-state index in [0.29, 0.717) is 28.4 Å². The highest BCUT2D eigenvalue weighted by atomic mass is 16.5. The van der Waals surface area contributed by atoms with Crippen LogP contribution in [0.15, 0.2) is 36.5 Å². The molecule has 0 fully saturated rings. The van der Waals surface area contributed by atoms with Crippen LogP contribution in [-0.4, -0.2) is 12.1 Å². The summed E-state index contributed by atoms with van der Waals surface area (Å²) in [7, 11) is 1.57. The zero-order valence-electron chi connectivity index (χ0n) is 10.5. The number of aromatic nitrogens is 1. The van der Waals surface area contributed by atoms with Crippen LogP contribution in [-0.2, 0) is 6.61 Å². The molecule has 1 aromatic carbocycles. The molecule has 5 nitrogen and oxygen atoms in total. The summed E-state index contributed by atoms with van der Waals surface area (Å²) in [6, 6.07) is 10.7. The lowest BCUT2D eigenvalue weighted by molar-refractivity contribution is 0.304. The van der Waals surface area contributed by atoms with Crippen molar-refractivity contribution in [1.82, 2.24) is 4.98 Å². The molecule has 1 aromatic heterocycles. The normalized spacial score (nSPS) is 9.68. The van der Waals surface area contributed by atoms with E-state index in [2.05, 4.69) is 4.98 Å². The molecule has 0 aliphatic heterocycles. The molecule has 0 bridgehead atoms. The fraction of sp³-hybridized carbons (Fsp3) is 0.143. The van der Waals surface area contributed by atoms with Crippen molar-refractivity contribution in [2.24, 2.45) is 0 Å². The smallest absolute Gasteiger partial charge is 0.147 e. The summed E-state index contributed by atoms with van der Waals surface area (Å²) in [6.07, 6.45) is 1.57. The number of hydrogen-bond acceptors (Lipinski definition) is 5. The molecular weight excluding hydrogens is 242 g/mol. The Morgan fingerprint density at radius 3 is 2.95 bits per heavy atom. The van der Waals surface area contributed by atoms with Gasteiger partial charge in [-0.15, -0.1) is 0 Å². The van der Waals surface area contributed by atoms with Gasteiger partial charge < -0.3 is 15.2 Å². The highest BCUT2D eigenvalue weighted by Crippen LogP contribution is 2.27. The Morgan fingerprint density at radius 1 is 1.37 bits per heavy atom. The van der Waals surface area contributed by atoms with Gasteiger partial charge in [0.15, 0.2) is 0 Å². The molecule has 0 atom stereocenters. The lowest BCUT2D eigenvalue weighted by atomic mass is 10.2. The minimum atomic E-state index is 0.230. The van der Waals surface area contributed by atoms with Gasteiger partial charge in [0, 0.05) is 17.8 Å². The summed E-state index contributed by atoms with van der Waals surface area (Å²) in [4.78, 5) is 3.97. The summed E-state index contributed by atoms with van der Waals surface area (Å²) in [5, 5.41) is 8.94. The van der Waals surface area contributed by atoms with Crippen LogP contribution in [0.4, 0.5) is 5.69 Å². The maximum atomic E-state index is 8.94. The van der Waals surface area contributed by atoms with Gasteiger partial charge in [-0.3, -0.25) is 0 Å². The molecule has 1 heterocycles. The maximum absolute atomic E-state index is 8.94. The molecule has 0 saturated carbocycles. The van der Waals surface area contributed by atoms with Gasteiger partial charge in [0.25, 0.3) is 0 Å². The SMILES string of the molecule is COc1ccc(N)c(OCc2cccnc2C#N)c1. The van der Waals surface area contributed by atoms with Gasteiger partial charge in [0.05, 0.1) is 12.8 Å². The minimum Gasteiger partial charge on any atom is -0.497 e. The van der Waals surface area contributed by atoms with E-state index in [-0.39, 0.29) is 6.61 Å². The Balaban J connectivity index is 2.17. The summed E-state index contributed by atoms with van der Waals surface area (Å²) >= 11 is 0. The molecule has 0 aliphatic rings. The number of methoxy groups -OCH3 is 1. The molecule has 0 unspecified atom stereocenters. The first-order valence-electron chi connectivity index (χ1n) is 5.65. The number of rotatable bonds is 4. The van der Waals surface area contributed by atoms with Crippen molar-refractivity contribution >= 4 is 5.69 Å². The van der Waals surface area contributed by atoms with Gasteiger partial charge in [0.2, 0.25) is 0 Å². The highest BCUT2D eigenvalue weighted by Gasteiger charge is 2.06. The number of nitrogens with zero attached hydrogens (tertiary/aromatic N) is 2. The van der Waals surface area contributed by atoms with Crippen LogP contribution in [0.1, 0.15) is 11.3 Å². The Hall–Kier alpha value is -2.74. The number of nitrogen functional groups attached to an aromatic ring is 1. The fourth-order valence-corrected chi connectivity index (χ4v) is 1.58. The second kappa shape index (κ2) is 5.74. The van der Waals surface area contributed by atoms with Crippen LogP contribution in [0.5, 0.6) is 11.5 Å². The summed E-state index contributed by atoms with van der Waals surface area (Å²) in [5.74, 6) is 1.18. The first kappa shape index (κ1) is 12.7. The Kier molecular flexibility index (Phi) is 3.84. The maximum Gasteiger partial charge on any atom is 0.147 e. The van der Waals surface area contributed by atoms with Crippen LogP contribution in [0, 0.1) is 11.3 Å². The second-order valence-corrected chi connectivity index (χ2v) is 3.82. The van der Waals surface area contributed by atoms with Gasteiger partial charge in [-0.2, -0.15) is 5.26 Å². The fourth-order valence-electron chi connectivity index (χ4n) is 1.58. The first-order chi connectivity index (χ1) is 9.24. The van der Waals surface area contributed by atoms with Gasteiger partial charge in [-0.25, -0.2) is 4.98 Å². The van der Waals surface area contributed by atoms with E-state index in [1.807, 2.05) is 6.07 Å². The van der Waals surface area contributed by atoms with E-state index in [1.165, 1.54) is 0 Å². The van der Waals surface area contributed by atoms with Crippen LogP contribution in [0.3, 0.4) is 0 Å². The number of benzene rings is 1. The van der Waals surface area contributed by atoms with Crippen molar-refractivity contribution in [1.29, 1.82) is 5.26 Å². The van der Waals surface area contributed by atoms with Gasteiger partial charge in [-0.05, 0) is 18.2 Å². The Bertz CT molecular complexity index is 620. The molecule has 5 heteroatoms. The second-order valence-electron chi connectivity index (χ2n) is 3.82. The van der Waals surface area contributed by atoms with Crippen LogP contribution < -0.4 is 15.2 Å². The van der Waals surface area contributed by atoms with Crippen molar-refractivity contribution < 1.29 is 9.47 Å². The molecule has 0 saturated heterocycles. The average Bonchev–Trinajstić information content (AvgIpc) is 2.46. The molecule has 0 radical (unpaired) electrons. The van der Waals surface area contributed by atoms with E-state index >= 15 is 0 Å². The van der Waals surface area contributed by atoms with Crippen molar-refractivity contribution in [2.75, 3.05) is 12.8 Å². The van der Waals surface area contributed by atoms with Crippen LogP contribution in [0.2, 0.25) is 0 Å². The summed E-state index contributed by atoms with van der Waals surface area (Å²) in [5.41, 5.74) is 7.40. The minimum absolute atomic E-state index is 0.230. The lowest BCUT2D eigenvalue weighted by Gasteiger charge is -2.10. The molecular formula is C14H13N3O2. The van der Waals surface area contributed by atoms with E-state index in [0.717, 1.165) is 0 Å². The third-order valence-corrected chi connectivity index (χ3v) is 2.60. The average molecular weight is 255 g/mol. The van der Waals surface area contributed by atoms with Crippen molar-refractivity contribution in [2.45, 2.75) is 6.61 Å². The summed E-state index contributed by atoms with van der Waals surface area (Å²) in [6.45, 7) is 0.230. The molecule has 0 amide bonds. The number of nitriles is 1. The quantitative estimate of drug-likeness (QED) is 0.846. The predicted molar refractivity (Wildman–Crippen MR) is 70.7 cm³/mol. The van der Waals surface area contributed by atoms with Gasteiger partial charge >= 0.3 is 0 Å². The van der Waals surface area contributed by atoms with Crippen molar-refractivity contribution in [3.05, 3.63) is 47.8 Å². The van der Waals surface area contributed by atoms with Gasteiger partial charge in [0.1, 0.15) is 29.9 Å². The number of nitrogens with two attached hydrogens (primary N) is 1. The lowest BCUT2D eigenvalue weighted by Crippen LogP contribution is -2.02. The van der Waals surface area contributed by atoms with Crippen LogP contribution in [0.25, 0.3) is 0 Å². The van der Waals surface area contributed by atoms with Gasteiger partial charge in [-0.1, -0.05) is 6.07 Å². The first-order valence-corrected chi connectivity index (χ1v) is 5.65. The topological polar surface area (TPSA) is 81.2 Å². The number of pyridine rings is 1. The predicted octanol–water partition coefficient (Wildman–Crippen LogP) is 2.12. The highest BCUT2D eigenvalue weighted by molar-refractivity contribution is 5.55. The molecule has 2 rings (SSSR count). The molecule has 19 heavy (non-hydrogen) atoms. The molecule has 0 aliphatic carbocycles. The van der Waals surface area contributed by atoms with E-state index in [4.69, 9.17) is 20.5 Å². The third-order valence-electron chi connectivity index (χ3n) is 2.60. The third kappa shape index (κ3) is 2.93. The largest absolute Gasteiger partial charge is 0.497 e. The van der Waals surface area contributed by atoms with E-state index < -0.39 is 0 Å².